The van der Waals surface area contributed by atoms with Crippen molar-refractivity contribution in [1.82, 2.24) is 5.32 Å². The number of para-hydroxylation sites is 3. The van der Waals surface area contributed by atoms with Gasteiger partial charge >= 0.3 is 0 Å². The highest BCUT2D eigenvalue weighted by Crippen LogP contribution is 2.41. The first kappa shape index (κ1) is 15.7. The summed E-state index contributed by atoms with van der Waals surface area (Å²) in [6.07, 6.45) is -0.200. The van der Waals surface area contributed by atoms with E-state index in [4.69, 9.17) is 14.2 Å². The summed E-state index contributed by atoms with van der Waals surface area (Å²) in [6, 6.07) is 15.8. The fraction of sp³-hybridized carbons (Fsp3) is 0.368. The monoisotopic (exact) mass is 313 g/mol. The normalized spacial score (nSPS) is 19.0. The lowest BCUT2D eigenvalue weighted by Gasteiger charge is -2.22. The van der Waals surface area contributed by atoms with Gasteiger partial charge in [-0.3, -0.25) is 0 Å². The molecule has 0 saturated heterocycles. The van der Waals surface area contributed by atoms with E-state index < -0.39 is 0 Å². The van der Waals surface area contributed by atoms with E-state index >= 15 is 0 Å². The van der Waals surface area contributed by atoms with Crippen molar-refractivity contribution in [3.8, 4) is 17.2 Å². The summed E-state index contributed by atoms with van der Waals surface area (Å²) in [7, 11) is 0. The molecule has 0 unspecified atom stereocenters. The van der Waals surface area contributed by atoms with Gasteiger partial charge in [0.2, 0.25) is 0 Å². The molecule has 2 aromatic carbocycles. The van der Waals surface area contributed by atoms with Gasteiger partial charge in [0.05, 0.1) is 6.61 Å². The standard InChI is InChI=1S/C19H23NO3/c1-3-20-13-18-19(14-9-5-6-10-15(14)22-18)23-17-12-8-7-11-16(17)21-4-2/h5-12,18-20H,3-4,13H2,1-2H3/t18-,19+/m1/s1. The lowest BCUT2D eigenvalue weighted by Crippen LogP contribution is -2.34. The molecule has 4 heteroatoms. The highest BCUT2D eigenvalue weighted by molar-refractivity contribution is 5.44. The quantitative estimate of drug-likeness (QED) is 0.848. The third-order valence-corrected chi connectivity index (χ3v) is 3.84. The average molecular weight is 313 g/mol. The Morgan fingerprint density at radius 1 is 1.00 bits per heavy atom. The third-order valence-electron chi connectivity index (χ3n) is 3.84. The van der Waals surface area contributed by atoms with Crippen molar-refractivity contribution in [2.75, 3.05) is 19.7 Å². The molecule has 2 atom stereocenters. The summed E-state index contributed by atoms with van der Waals surface area (Å²) >= 11 is 0. The average Bonchev–Trinajstić information content (AvgIpc) is 2.93. The van der Waals surface area contributed by atoms with Gasteiger partial charge in [0, 0.05) is 12.1 Å². The van der Waals surface area contributed by atoms with Crippen LogP contribution in [0.2, 0.25) is 0 Å². The highest BCUT2D eigenvalue weighted by Gasteiger charge is 2.36. The molecule has 0 fully saturated rings. The van der Waals surface area contributed by atoms with Crippen LogP contribution in [0, 0.1) is 0 Å². The maximum atomic E-state index is 6.31. The molecule has 0 aromatic heterocycles. The van der Waals surface area contributed by atoms with Crippen LogP contribution in [0.25, 0.3) is 0 Å². The molecule has 0 amide bonds. The first-order valence-corrected chi connectivity index (χ1v) is 8.18. The van der Waals surface area contributed by atoms with E-state index in [1.54, 1.807) is 0 Å². The Kier molecular flexibility index (Phi) is 5.03. The van der Waals surface area contributed by atoms with Gasteiger partial charge in [-0.2, -0.15) is 0 Å². The van der Waals surface area contributed by atoms with Gasteiger partial charge in [-0.1, -0.05) is 37.3 Å². The summed E-state index contributed by atoms with van der Waals surface area (Å²) in [5.74, 6) is 2.41. The van der Waals surface area contributed by atoms with Gasteiger partial charge in [-0.05, 0) is 31.7 Å². The Labute approximate surface area is 137 Å². The zero-order chi connectivity index (χ0) is 16.1. The molecule has 0 radical (unpaired) electrons. The first-order chi connectivity index (χ1) is 11.3. The van der Waals surface area contributed by atoms with Crippen LogP contribution >= 0.6 is 0 Å². The fourth-order valence-corrected chi connectivity index (χ4v) is 2.78. The number of fused-ring (bicyclic) bond motifs is 1. The van der Waals surface area contributed by atoms with E-state index in [-0.39, 0.29) is 12.2 Å². The minimum Gasteiger partial charge on any atom is -0.490 e. The summed E-state index contributed by atoms with van der Waals surface area (Å²) in [4.78, 5) is 0. The number of rotatable bonds is 7. The molecule has 1 aliphatic heterocycles. The Morgan fingerprint density at radius 3 is 2.52 bits per heavy atom. The van der Waals surface area contributed by atoms with Gasteiger partial charge < -0.3 is 19.5 Å². The topological polar surface area (TPSA) is 39.7 Å². The van der Waals surface area contributed by atoms with E-state index in [1.165, 1.54) is 0 Å². The van der Waals surface area contributed by atoms with Crippen LogP contribution in [0.15, 0.2) is 48.5 Å². The molecule has 2 aromatic rings. The molecule has 23 heavy (non-hydrogen) atoms. The second-order valence-corrected chi connectivity index (χ2v) is 5.42. The Morgan fingerprint density at radius 2 is 1.74 bits per heavy atom. The fourth-order valence-electron chi connectivity index (χ4n) is 2.78. The number of likely N-dealkylation sites (N-methyl/N-ethyl adjacent to an activating group) is 1. The molecular formula is C19H23NO3. The maximum absolute atomic E-state index is 6.31. The Hall–Kier alpha value is -2.20. The molecule has 122 valence electrons. The van der Waals surface area contributed by atoms with Gasteiger partial charge in [-0.15, -0.1) is 0 Å². The number of ether oxygens (including phenoxy) is 3. The van der Waals surface area contributed by atoms with Crippen molar-refractivity contribution >= 4 is 0 Å². The molecule has 1 aliphatic rings. The number of hydrogen-bond donors (Lipinski definition) is 1. The van der Waals surface area contributed by atoms with Crippen LogP contribution in [0.5, 0.6) is 17.2 Å². The highest BCUT2D eigenvalue weighted by atomic mass is 16.6. The first-order valence-electron chi connectivity index (χ1n) is 8.18. The van der Waals surface area contributed by atoms with Crippen molar-refractivity contribution in [3.05, 3.63) is 54.1 Å². The third kappa shape index (κ3) is 3.42. The molecule has 3 rings (SSSR count). The summed E-state index contributed by atoms with van der Waals surface area (Å²) in [5, 5.41) is 3.34. The van der Waals surface area contributed by atoms with E-state index in [1.807, 2.05) is 49.4 Å². The van der Waals surface area contributed by atoms with Crippen LogP contribution in [0.3, 0.4) is 0 Å². The predicted octanol–water partition coefficient (Wildman–Crippen LogP) is 3.58. The minimum absolute atomic E-state index is 0.0537. The zero-order valence-electron chi connectivity index (χ0n) is 13.6. The molecule has 0 aliphatic carbocycles. The van der Waals surface area contributed by atoms with Gasteiger partial charge in [0.1, 0.15) is 5.75 Å². The van der Waals surface area contributed by atoms with Crippen molar-refractivity contribution in [3.63, 3.8) is 0 Å². The van der Waals surface area contributed by atoms with E-state index in [0.29, 0.717) is 6.61 Å². The van der Waals surface area contributed by atoms with Gasteiger partial charge in [0.25, 0.3) is 0 Å². The van der Waals surface area contributed by atoms with E-state index in [9.17, 15) is 0 Å². The van der Waals surface area contributed by atoms with Crippen molar-refractivity contribution in [1.29, 1.82) is 0 Å². The van der Waals surface area contributed by atoms with Crippen LogP contribution in [0.1, 0.15) is 25.5 Å². The molecular weight excluding hydrogens is 290 g/mol. The second kappa shape index (κ2) is 7.38. The summed E-state index contributed by atoms with van der Waals surface area (Å²) in [6.45, 7) is 6.31. The molecule has 0 bridgehead atoms. The van der Waals surface area contributed by atoms with Gasteiger partial charge in [0.15, 0.2) is 23.7 Å². The summed E-state index contributed by atoms with van der Waals surface area (Å²) in [5.41, 5.74) is 1.08. The number of benzene rings is 2. The zero-order valence-corrected chi connectivity index (χ0v) is 13.6. The van der Waals surface area contributed by atoms with E-state index in [0.717, 1.165) is 35.9 Å². The number of nitrogens with one attached hydrogen (secondary N) is 1. The minimum atomic E-state index is -0.146. The Bertz CT molecular complexity index is 644. The van der Waals surface area contributed by atoms with E-state index in [2.05, 4.69) is 18.3 Å². The second-order valence-electron chi connectivity index (χ2n) is 5.42. The smallest absolute Gasteiger partial charge is 0.165 e. The van der Waals surface area contributed by atoms with Gasteiger partial charge in [-0.25, -0.2) is 0 Å². The van der Waals surface area contributed by atoms with Crippen LogP contribution < -0.4 is 19.5 Å². The molecule has 0 saturated carbocycles. The molecule has 0 spiro atoms. The molecule has 4 nitrogen and oxygen atoms in total. The Balaban J connectivity index is 1.86. The SMILES string of the molecule is CCNC[C@H]1Oc2ccccc2[C@@H]1Oc1ccccc1OCC. The van der Waals surface area contributed by atoms with Crippen molar-refractivity contribution in [2.45, 2.75) is 26.1 Å². The van der Waals surface area contributed by atoms with Crippen molar-refractivity contribution < 1.29 is 14.2 Å². The predicted molar refractivity (Wildman–Crippen MR) is 90.4 cm³/mol. The maximum Gasteiger partial charge on any atom is 0.165 e. The van der Waals surface area contributed by atoms with Crippen LogP contribution in [-0.2, 0) is 0 Å². The van der Waals surface area contributed by atoms with Crippen molar-refractivity contribution in [2.24, 2.45) is 0 Å². The van der Waals surface area contributed by atoms with Crippen LogP contribution in [-0.4, -0.2) is 25.8 Å². The largest absolute Gasteiger partial charge is 0.490 e. The van der Waals surface area contributed by atoms with Crippen LogP contribution in [0.4, 0.5) is 0 Å². The lowest BCUT2D eigenvalue weighted by atomic mass is 10.1. The number of hydrogen-bond acceptors (Lipinski definition) is 4. The summed E-state index contributed by atoms with van der Waals surface area (Å²) < 4.78 is 18.0. The molecule has 1 N–H and O–H groups in total. The molecule has 1 heterocycles. The lowest BCUT2D eigenvalue weighted by molar-refractivity contribution is 0.0832.